The average Bonchev–Trinajstić information content (AvgIpc) is 3.18. The van der Waals surface area contributed by atoms with Crippen molar-refractivity contribution in [2.24, 2.45) is 0 Å². The highest BCUT2D eigenvalue weighted by atomic mass is 19.1. The van der Waals surface area contributed by atoms with E-state index in [1.165, 1.54) is 11.8 Å². The van der Waals surface area contributed by atoms with Crippen LogP contribution in [0.3, 0.4) is 0 Å². The van der Waals surface area contributed by atoms with Crippen molar-refractivity contribution < 1.29 is 9.18 Å². The Balaban J connectivity index is 1.54. The Labute approximate surface area is 129 Å². The van der Waals surface area contributed by atoms with Crippen LogP contribution in [0.4, 0.5) is 10.1 Å². The van der Waals surface area contributed by atoms with E-state index in [-0.39, 0.29) is 11.6 Å². The van der Waals surface area contributed by atoms with E-state index in [2.05, 4.69) is 21.3 Å². The summed E-state index contributed by atoms with van der Waals surface area (Å²) < 4.78 is 13.5. The quantitative estimate of drug-likeness (QED) is 0.890. The number of aromatic amines is 1. The fourth-order valence-corrected chi connectivity index (χ4v) is 3.02. The van der Waals surface area contributed by atoms with Crippen molar-refractivity contribution in [2.75, 3.05) is 18.4 Å². The van der Waals surface area contributed by atoms with E-state index in [0.717, 1.165) is 19.4 Å². The molecule has 0 aliphatic carbocycles. The Morgan fingerprint density at radius 2 is 2.18 bits per heavy atom. The van der Waals surface area contributed by atoms with Crippen molar-refractivity contribution in [3.63, 3.8) is 0 Å². The van der Waals surface area contributed by atoms with Gasteiger partial charge >= 0.3 is 0 Å². The van der Waals surface area contributed by atoms with Gasteiger partial charge in [-0.25, -0.2) is 4.39 Å². The molecule has 0 bridgehead atoms. The van der Waals surface area contributed by atoms with Crippen molar-refractivity contribution in [3.8, 4) is 0 Å². The lowest BCUT2D eigenvalue weighted by Crippen LogP contribution is -2.28. The maximum absolute atomic E-state index is 13.5. The number of halogens is 1. The van der Waals surface area contributed by atoms with Crippen molar-refractivity contribution in [2.45, 2.75) is 25.3 Å². The molecule has 0 unspecified atom stereocenters. The number of nitrogens with zero attached hydrogens (tertiary/aromatic N) is 1. The summed E-state index contributed by atoms with van der Waals surface area (Å²) in [7, 11) is 0. The lowest BCUT2D eigenvalue weighted by molar-refractivity contribution is -0.116. The highest BCUT2D eigenvalue weighted by molar-refractivity contribution is 5.90. The van der Waals surface area contributed by atoms with Crippen LogP contribution < -0.4 is 5.32 Å². The average molecular weight is 301 g/mol. The maximum Gasteiger partial charge on any atom is 0.225 e. The van der Waals surface area contributed by atoms with Crippen LogP contribution in [0.25, 0.3) is 0 Å². The molecule has 1 fully saturated rings. The molecule has 3 rings (SSSR count). The zero-order valence-electron chi connectivity index (χ0n) is 12.4. The number of likely N-dealkylation sites (tertiary alicyclic amines) is 1. The topological polar surface area (TPSA) is 48.1 Å². The van der Waals surface area contributed by atoms with E-state index >= 15 is 0 Å². The predicted molar refractivity (Wildman–Crippen MR) is 84.0 cm³/mol. The number of hydrogen-bond acceptors (Lipinski definition) is 2. The minimum Gasteiger partial charge on any atom is -0.364 e. The van der Waals surface area contributed by atoms with E-state index < -0.39 is 5.82 Å². The van der Waals surface area contributed by atoms with Gasteiger partial charge in [0.25, 0.3) is 0 Å². The van der Waals surface area contributed by atoms with Crippen LogP contribution in [0.5, 0.6) is 0 Å². The second-order valence-corrected chi connectivity index (χ2v) is 5.60. The third-order valence-electron chi connectivity index (χ3n) is 4.12. The Morgan fingerprint density at radius 3 is 2.95 bits per heavy atom. The molecular weight excluding hydrogens is 281 g/mol. The van der Waals surface area contributed by atoms with Crippen LogP contribution in [0.15, 0.2) is 42.6 Å². The van der Waals surface area contributed by atoms with E-state index in [0.29, 0.717) is 19.0 Å². The molecule has 1 aliphatic rings. The number of anilines is 1. The summed E-state index contributed by atoms with van der Waals surface area (Å²) in [5.74, 6) is -0.552. The van der Waals surface area contributed by atoms with Gasteiger partial charge in [-0.3, -0.25) is 9.69 Å². The van der Waals surface area contributed by atoms with Crippen molar-refractivity contribution in [1.82, 2.24) is 9.88 Å². The number of carbonyl (C=O) groups is 1. The smallest absolute Gasteiger partial charge is 0.225 e. The minimum absolute atomic E-state index is 0.151. The summed E-state index contributed by atoms with van der Waals surface area (Å²) >= 11 is 0. The first-order valence-electron chi connectivity index (χ1n) is 7.66. The molecule has 1 atom stereocenters. The van der Waals surface area contributed by atoms with Gasteiger partial charge in [-0.1, -0.05) is 12.1 Å². The summed E-state index contributed by atoms with van der Waals surface area (Å²) in [5.41, 5.74) is 1.45. The zero-order chi connectivity index (χ0) is 15.4. The predicted octanol–water partition coefficient (Wildman–Crippen LogP) is 3.32. The molecule has 2 N–H and O–H groups in total. The van der Waals surface area contributed by atoms with Gasteiger partial charge in [0, 0.05) is 30.9 Å². The second kappa shape index (κ2) is 6.75. The Morgan fingerprint density at radius 1 is 1.32 bits per heavy atom. The fraction of sp³-hybridized carbons (Fsp3) is 0.353. The van der Waals surface area contributed by atoms with Crippen LogP contribution in [0, 0.1) is 5.82 Å². The van der Waals surface area contributed by atoms with Gasteiger partial charge in [0.2, 0.25) is 5.91 Å². The Kier molecular flexibility index (Phi) is 4.53. The third kappa shape index (κ3) is 3.36. The van der Waals surface area contributed by atoms with Gasteiger partial charge in [-0.05, 0) is 43.7 Å². The fourth-order valence-electron chi connectivity index (χ4n) is 3.02. The van der Waals surface area contributed by atoms with Crippen molar-refractivity contribution in [3.05, 3.63) is 54.1 Å². The van der Waals surface area contributed by atoms with E-state index in [1.54, 1.807) is 18.2 Å². The number of amides is 1. The molecular formula is C17H20FN3O. The van der Waals surface area contributed by atoms with Gasteiger partial charge in [0.15, 0.2) is 0 Å². The van der Waals surface area contributed by atoms with E-state index in [1.807, 2.05) is 12.3 Å². The first kappa shape index (κ1) is 14.8. The van der Waals surface area contributed by atoms with Crippen LogP contribution in [0.1, 0.15) is 31.0 Å². The number of aromatic nitrogens is 1. The van der Waals surface area contributed by atoms with E-state index in [4.69, 9.17) is 0 Å². The highest BCUT2D eigenvalue weighted by Gasteiger charge is 2.26. The van der Waals surface area contributed by atoms with Gasteiger partial charge < -0.3 is 10.3 Å². The molecule has 1 amide bonds. The normalized spacial score (nSPS) is 18.5. The summed E-state index contributed by atoms with van der Waals surface area (Å²) in [6, 6.07) is 10.7. The van der Waals surface area contributed by atoms with Crippen LogP contribution in [0.2, 0.25) is 0 Å². The number of nitrogens with one attached hydrogen (secondary N) is 2. The molecule has 0 radical (unpaired) electrons. The molecule has 22 heavy (non-hydrogen) atoms. The summed E-state index contributed by atoms with van der Waals surface area (Å²) in [5, 5.41) is 2.64. The summed E-state index contributed by atoms with van der Waals surface area (Å²) in [6.07, 6.45) is 4.54. The molecule has 1 aliphatic heterocycles. The number of para-hydroxylation sites is 1. The largest absolute Gasteiger partial charge is 0.364 e. The minimum atomic E-state index is -0.402. The standard InChI is InChI=1S/C17H20FN3O/c18-13-5-1-2-6-14(13)20-17(22)9-12-21-11-4-8-16(21)15-7-3-10-19-15/h1-3,5-7,10,16,19H,4,8-9,11-12H2,(H,20,22)/t16-/m1/s1. The van der Waals surface area contributed by atoms with Crippen molar-refractivity contribution >= 4 is 11.6 Å². The number of rotatable bonds is 5. The number of benzene rings is 1. The number of hydrogen-bond donors (Lipinski definition) is 2. The molecule has 116 valence electrons. The Hall–Kier alpha value is -2.14. The van der Waals surface area contributed by atoms with E-state index in [9.17, 15) is 9.18 Å². The number of H-pyrrole nitrogens is 1. The molecule has 2 heterocycles. The monoisotopic (exact) mass is 301 g/mol. The zero-order valence-corrected chi connectivity index (χ0v) is 12.4. The van der Waals surface area contributed by atoms with Gasteiger partial charge in [-0.2, -0.15) is 0 Å². The van der Waals surface area contributed by atoms with Crippen molar-refractivity contribution in [1.29, 1.82) is 0 Å². The molecule has 4 nitrogen and oxygen atoms in total. The lowest BCUT2D eigenvalue weighted by atomic mass is 10.1. The summed E-state index contributed by atoms with van der Waals surface area (Å²) in [4.78, 5) is 17.6. The molecule has 2 aromatic rings. The second-order valence-electron chi connectivity index (χ2n) is 5.60. The van der Waals surface area contributed by atoms with Gasteiger partial charge in [-0.15, -0.1) is 0 Å². The van der Waals surface area contributed by atoms with Gasteiger partial charge in [0.05, 0.1) is 5.69 Å². The molecule has 1 aromatic carbocycles. The molecule has 0 spiro atoms. The highest BCUT2D eigenvalue weighted by Crippen LogP contribution is 2.30. The first-order valence-corrected chi connectivity index (χ1v) is 7.66. The third-order valence-corrected chi connectivity index (χ3v) is 4.12. The van der Waals surface area contributed by atoms with Crippen LogP contribution >= 0.6 is 0 Å². The van der Waals surface area contributed by atoms with Crippen LogP contribution in [-0.4, -0.2) is 28.9 Å². The SMILES string of the molecule is O=C(CCN1CCC[C@@H]1c1ccc[nH]1)Nc1ccccc1F. The van der Waals surface area contributed by atoms with Gasteiger partial charge in [0.1, 0.15) is 5.82 Å². The van der Waals surface area contributed by atoms with Crippen LogP contribution in [-0.2, 0) is 4.79 Å². The Bertz CT molecular complexity index is 627. The molecule has 0 saturated carbocycles. The molecule has 5 heteroatoms. The maximum atomic E-state index is 13.5. The molecule has 1 saturated heterocycles. The summed E-state index contributed by atoms with van der Waals surface area (Å²) in [6.45, 7) is 1.68. The lowest BCUT2D eigenvalue weighted by Gasteiger charge is -2.23. The number of carbonyl (C=O) groups excluding carboxylic acids is 1. The molecule has 1 aromatic heterocycles. The first-order chi connectivity index (χ1) is 10.7.